The number of aryl methyl sites for hydroxylation is 1. The van der Waals surface area contributed by atoms with Crippen molar-refractivity contribution >= 4 is 45.9 Å². The Morgan fingerprint density at radius 1 is 1.07 bits per heavy atom. The van der Waals surface area contributed by atoms with E-state index in [1.54, 1.807) is 31.8 Å². The number of hydrogen-bond donors (Lipinski definition) is 3. The van der Waals surface area contributed by atoms with Gasteiger partial charge in [-0.25, -0.2) is 9.97 Å². The van der Waals surface area contributed by atoms with Gasteiger partial charge in [-0.2, -0.15) is 0 Å². The molecule has 0 atom stereocenters. The summed E-state index contributed by atoms with van der Waals surface area (Å²) in [5.41, 5.74) is 0.668. The number of hydrogen-bond acceptors (Lipinski definition) is 8. The van der Waals surface area contributed by atoms with Crippen molar-refractivity contribution in [3.05, 3.63) is 71.5 Å². The van der Waals surface area contributed by atoms with E-state index in [0.29, 0.717) is 22.8 Å². The van der Waals surface area contributed by atoms with Crippen LogP contribution in [0.4, 0.5) is 23.1 Å². The molecule has 0 amide bonds. The molecule has 0 aliphatic heterocycles. The first-order valence-corrected chi connectivity index (χ1v) is 9.29. The predicted octanol–water partition coefficient (Wildman–Crippen LogP) is 3.18. The first kappa shape index (κ1) is 18.0. The summed E-state index contributed by atoms with van der Waals surface area (Å²) in [4.78, 5) is 26.5. The summed E-state index contributed by atoms with van der Waals surface area (Å²) >= 11 is 1.17. The third-order valence-corrected chi connectivity index (χ3v) is 4.68. The van der Waals surface area contributed by atoms with Gasteiger partial charge in [0.15, 0.2) is 0 Å². The van der Waals surface area contributed by atoms with Gasteiger partial charge in [0.25, 0.3) is 5.56 Å². The van der Waals surface area contributed by atoms with Gasteiger partial charge >= 0.3 is 0 Å². The highest BCUT2D eigenvalue weighted by Gasteiger charge is 2.12. The number of rotatable bonds is 5. The van der Waals surface area contributed by atoms with E-state index in [0.717, 1.165) is 16.0 Å². The van der Waals surface area contributed by atoms with Crippen molar-refractivity contribution < 1.29 is 0 Å². The molecule has 0 aliphatic carbocycles. The number of nitrogens with one attached hydrogen (secondary N) is 2. The molecular formula is C19H17N7OS. The van der Waals surface area contributed by atoms with Gasteiger partial charge < -0.3 is 15.2 Å². The third-order valence-electron chi connectivity index (χ3n) is 4.13. The number of benzene rings is 1. The number of aromatic nitrogens is 4. The first-order chi connectivity index (χ1) is 13.6. The topological polar surface area (TPSA) is 111 Å². The van der Waals surface area contributed by atoms with Crippen molar-refractivity contribution in [2.24, 2.45) is 12.2 Å². The van der Waals surface area contributed by atoms with Crippen LogP contribution in [0.25, 0.3) is 10.8 Å². The molecule has 4 N–H and O–H groups in total. The highest BCUT2D eigenvalue weighted by molar-refractivity contribution is 7.97. The van der Waals surface area contributed by atoms with Crippen molar-refractivity contribution in [2.75, 3.05) is 10.6 Å². The van der Waals surface area contributed by atoms with Gasteiger partial charge in [0.2, 0.25) is 0 Å². The standard InChI is InChI=1S/C19H17N7OS/c1-26-9-6-12-10-15(24-16-11-21-7-8-22-16)25-18(17(12)19(26)27)23-13-2-4-14(28-20)5-3-13/h2-11H,20H2,1H3,(H2,22,23,24,25). The highest BCUT2D eigenvalue weighted by atomic mass is 32.2. The Kier molecular flexibility index (Phi) is 4.92. The lowest BCUT2D eigenvalue weighted by atomic mass is 10.2. The summed E-state index contributed by atoms with van der Waals surface area (Å²) in [5.74, 6) is 1.57. The Morgan fingerprint density at radius 2 is 1.89 bits per heavy atom. The van der Waals surface area contributed by atoms with Gasteiger partial charge in [-0.3, -0.25) is 14.9 Å². The van der Waals surface area contributed by atoms with Crippen LogP contribution in [0.5, 0.6) is 0 Å². The van der Waals surface area contributed by atoms with E-state index in [1.165, 1.54) is 16.5 Å². The zero-order chi connectivity index (χ0) is 19.5. The van der Waals surface area contributed by atoms with Gasteiger partial charge in [-0.15, -0.1) is 0 Å². The molecule has 0 radical (unpaired) electrons. The Hall–Kier alpha value is -3.43. The molecule has 9 heteroatoms. The van der Waals surface area contributed by atoms with Crippen LogP contribution in [-0.2, 0) is 7.05 Å². The van der Waals surface area contributed by atoms with Crippen LogP contribution in [0.3, 0.4) is 0 Å². The van der Waals surface area contributed by atoms with Crippen LogP contribution in [0.15, 0.2) is 70.9 Å². The molecule has 0 saturated heterocycles. The predicted molar refractivity (Wildman–Crippen MR) is 112 cm³/mol. The van der Waals surface area contributed by atoms with Gasteiger partial charge in [0, 0.05) is 36.2 Å². The quantitative estimate of drug-likeness (QED) is 0.445. The SMILES string of the molecule is Cn1ccc2cc(Nc3cnccn3)nc(Nc3ccc(SN)cc3)c2c1=O. The molecular weight excluding hydrogens is 374 g/mol. The van der Waals surface area contributed by atoms with Crippen molar-refractivity contribution in [1.82, 2.24) is 19.5 Å². The molecule has 0 saturated carbocycles. The fourth-order valence-electron chi connectivity index (χ4n) is 2.76. The van der Waals surface area contributed by atoms with E-state index in [1.807, 2.05) is 36.4 Å². The van der Waals surface area contributed by atoms with Crippen molar-refractivity contribution in [3.8, 4) is 0 Å². The van der Waals surface area contributed by atoms with Gasteiger partial charge in [0.05, 0.1) is 11.6 Å². The number of nitrogens with zero attached hydrogens (tertiary/aromatic N) is 4. The molecule has 3 aromatic heterocycles. The lowest BCUT2D eigenvalue weighted by molar-refractivity contribution is 0.873. The minimum absolute atomic E-state index is 0.132. The van der Waals surface area contributed by atoms with Crippen LogP contribution in [0.1, 0.15) is 0 Å². The second-order valence-electron chi connectivity index (χ2n) is 6.04. The summed E-state index contributed by atoms with van der Waals surface area (Å²) in [6.07, 6.45) is 6.52. The summed E-state index contributed by atoms with van der Waals surface area (Å²) in [7, 11) is 1.71. The molecule has 0 fully saturated rings. The van der Waals surface area contributed by atoms with E-state index >= 15 is 0 Å². The number of fused-ring (bicyclic) bond motifs is 1. The third kappa shape index (κ3) is 3.66. The maximum Gasteiger partial charge on any atom is 0.261 e. The van der Waals surface area contributed by atoms with Crippen molar-refractivity contribution in [1.29, 1.82) is 0 Å². The molecule has 140 valence electrons. The van der Waals surface area contributed by atoms with Crippen LogP contribution in [-0.4, -0.2) is 19.5 Å². The van der Waals surface area contributed by atoms with E-state index in [2.05, 4.69) is 25.6 Å². The monoisotopic (exact) mass is 391 g/mol. The fraction of sp³-hybridized carbons (Fsp3) is 0.0526. The summed E-state index contributed by atoms with van der Waals surface area (Å²) in [5, 5.41) is 13.2. The lowest BCUT2D eigenvalue weighted by Gasteiger charge is -2.13. The number of nitrogens with two attached hydrogens (primary N) is 1. The molecule has 4 aromatic rings. The average molecular weight is 391 g/mol. The van der Waals surface area contributed by atoms with Gasteiger partial charge in [-0.05, 0) is 53.7 Å². The molecule has 8 nitrogen and oxygen atoms in total. The Morgan fingerprint density at radius 3 is 2.61 bits per heavy atom. The summed E-state index contributed by atoms with van der Waals surface area (Å²) in [6.45, 7) is 0. The van der Waals surface area contributed by atoms with Gasteiger partial charge in [0.1, 0.15) is 17.5 Å². The second-order valence-corrected chi connectivity index (χ2v) is 6.74. The maximum absolute atomic E-state index is 12.7. The summed E-state index contributed by atoms with van der Waals surface area (Å²) < 4.78 is 1.53. The molecule has 0 unspecified atom stereocenters. The zero-order valence-corrected chi connectivity index (χ0v) is 15.8. The number of pyridine rings is 2. The largest absolute Gasteiger partial charge is 0.339 e. The van der Waals surface area contributed by atoms with E-state index in [-0.39, 0.29) is 5.56 Å². The van der Waals surface area contributed by atoms with E-state index < -0.39 is 0 Å². The Balaban J connectivity index is 1.80. The Bertz CT molecular complexity index is 1180. The average Bonchev–Trinajstić information content (AvgIpc) is 2.72. The molecule has 3 heterocycles. The van der Waals surface area contributed by atoms with E-state index in [4.69, 9.17) is 5.14 Å². The minimum atomic E-state index is -0.132. The van der Waals surface area contributed by atoms with Crippen molar-refractivity contribution in [2.45, 2.75) is 4.90 Å². The molecule has 0 spiro atoms. The van der Waals surface area contributed by atoms with E-state index in [9.17, 15) is 4.79 Å². The zero-order valence-electron chi connectivity index (χ0n) is 15.0. The van der Waals surface area contributed by atoms with Crippen molar-refractivity contribution in [3.63, 3.8) is 0 Å². The Labute approximate surface area is 165 Å². The summed E-state index contributed by atoms with van der Waals surface area (Å²) in [6, 6.07) is 11.3. The van der Waals surface area contributed by atoms with Crippen LogP contribution in [0, 0.1) is 0 Å². The molecule has 1 aromatic carbocycles. The first-order valence-electron chi connectivity index (χ1n) is 8.41. The minimum Gasteiger partial charge on any atom is -0.339 e. The second kappa shape index (κ2) is 7.67. The lowest BCUT2D eigenvalue weighted by Crippen LogP contribution is -2.17. The molecule has 4 rings (SSSR count). The van der Waals surface area contributed by atoms with Crippen LogP contribution >= 0.6 is 11.9 Å². The molecule has 0 aliphatic rings. The number of anilines is 4. The molecule has 0 bridgehead atoms. The van der Waals surface area contributed by atoms with Crippen LogP contribution in [0.2, 0.25) is 0 Å². The molecule has 28 heavy (non-hydrogen) atoms. The normalized spacial score (nSPS) is 10.8. The van der Waals surface area contributed by atoms with Crippen LogP contribution < -0.4 is 21.3 Å². The smallest absolute Gasteiger partial charge is 0.261 e. The fourth-order valence-corrected chi connectivity index (χ4v) is 3.05. The maximum atomic E-state index is 12.7. The highest BCUT2D eigenvalue weighted by Crippen LogP contribution is 2.27. The van der Waals surface area contributed by atoms with Gasteiger partial charge in [-0.1, -0.05) is 0 Å².